The third-order valence-electron chi connectivity index (χ3n) is 4.72. The minimum atomic E-state index is -0.924. The Morgan fingerprint density at radius 3 is 2.36 bits per heavy atom. The summed E-state index contributed by atoms with van der Waals surface area (Å²) in [7, 11) is 3.07. The number of benzene rings is 1. The number of hydrogen-bond acceptors (Lipinski definition) is 6. The van der Waals surface area contributed by atoms with Crippen molar-refractivity contribution in [2.45, 2.75) is 45.1 Å². The summed E-state index contributed by atoms with van der Waals surface area (Å²) in [5.74, 6) is 0.240. The van der Waals surface area contributed by atoms with E-state index >= 15 is 0 Å². The van der Waals surface area contributed by atoms with Crippen LogP contribution in [0.4, 0.5) is 5.69 Å². The number of amides is 1. The highest BCUT2D eigenvalue weighted by Gasteiger charge is 2.22. The molecule has 1 amide bonds. The van der Waals surface area contributed by atoms with Gasteiger partial charge in [0.1, 0.15) is 16.4 Å². The van der Waals surface area contributed by atoms with Crippen molar-refractivity contribution in [1.29, 1.82) is 0 Å². The van der Waals surface area contributed by atoms with E-state index in [0.717, 1.165) is 25.7 Å². The maximum atomic E-state index is 12.5. The van der Waals surface area contributed by atoms with Crippen LogP contribution in [0.15, 0.2) is 24.3 Å². The fourth-order valence-corrected chi connectivity index (χ4v) is 4.30. The Morgan fingerprint density at radius 1 is 1.00 bits per heavy atom. The molecule has 7 heteroatoms. The predicted octanol–water partition coefficient (Wildman–Crippen LogP) is 4.22. The van der Waals surface area contributed by atoms with E-state index in [2.05, 4.69) is 5.32 Å². The molecule has 0 radical (unpaired) electrons. The van der Waals surface area contributed by atoms with E-state index in [1.54, 1.807) is 25.1 Å². The van der Waals surface area contributed by atoms with Gasteiger partial charge in [-0.3, -0.25) is 4.79 Å². The van der Waals surface area contributed by atoms with Crippen LogP contribution in [0.5, 0.6) is 11.5 Å². The molecule has 2 aromatic rings. The second kappa shape index (κ2) is 9.10. The first-order valence-corrected chi connectivity index (χ1v) is 10.2. The molecule has 0 saturated carbocycles. The van der Waals surface area contributed by atoms with E-state index in [9.17, 15) is 9.59 Å². The van der Waals surface area contributed by atoms with Crippen LogP contribution in [0.3, 0.4) is 0 Å². The molecule has 1 aromatic heterocycles. The van der Waals surface area contributed by atoms with E-state index in [1.807, 2.05) is 6.07 Å². The first-order valence-electron chi connectivity index (χ1n) is 9.36. The van der Waals surface area contributed by atoms with E-state index < -0.39 is 18.0 Å². The predicted molar refractivity (Wildman–Crippen MR) is 109 cm³/mol. The third-order valence-corrected chi connectivity index (χ3v) is 5.94. The van der Waals surface area contributed by atoms with Gasteiger partial charge in [-0.05, 0) is 44.2 Å². The van der Waals surface area contributed by atoms with Crippen molar-refractivity contribution in [1.82, 2.24) is 0 Å². The average Bonchev–Trinajstić information content (AvgIpc) is 2.98. The van der Waals surface area contributed by atoms with Gasteiger partial charge in [0.25, 0.3) is 5.91 Å². The summed E-state index contributed by atoms with van der Waals surface area (Å²) >= 11 is 1.49. The zero-order valence-electron chi connectivity index (χ0n) is 16.4. The minimum absolute atomic E-state index is 0.415. The highest BCUT2D eigenvalue weighted by molar-refractivity contribution is 7.14. The van der Waals surface area contributed by atoms with Crippen molar-refractivity contribution < 1.29 is 23.8 Å². The van der Waals surface area contributed by atoms with Gasteiger partial charge in [-0.15, -0.1) is 11.3 Å². The number of carbonyl (C=O) groups is 2. The normalized spacial score (nSPS) is 14.4. The van der Waals surface area contributed by atoms with Gasteiger partial charge < -0.3 is 19.5 Å². The first-order chi connectivity index (χ1) is 13.5. The maximum Gasteiger partial charge on any atom is 0.349 e. The summed E-state index contributed by atoms with van der Waals surface area (Å²) in [4.78, 5) is 26.8. The van der Waals surface area contributed by atoms with Crippen LogP contribution in [0, 0.1) is 0 Å². The van der Waals surface area contributed by atoms with E-state index in [0.29, 0.717) is 22.1 Å². The van der Waals surface area contributed by atoms with Gasteiger partial charge in [-0.1, -0.05) is 6.42 Å². The summed E-state index contributed by atoms with van der Waals surface area (Å²) in [6.45, 7) is 1.56. The lowest BCUT2D eigenvalue weighted by atomic mass is 10.1. The Labute approximate surface area is 168 Å². The standard InChI is InChI=1S/C21H25NO5S/c1-13(20(23)22-15-10-16(25-2)12-17(11-15)26-3)27-21(24)19-9-14-7-5-4-6-8-18(14)28-19/h9-13H,4-8H2,1-3H3,(H,22,23). The quantitative estimate of drug-likeness (QED) is 0.577. The molecule has 3 rings (SSSR count). The second-order valence-corrected chi connectivity index (χ2v) is 7.89. The van der Waals surface area contributed by atoms with Gasteiger partial charge in [0.15, 0.2) is 6.10 Å². The van der Waals surface area contributed by atoms with Crippen molar-refractivity contribution in [3.05, 3.63) is 39.6 Å². The van der Waals surface area contributed by atoms with Gasteiger partial charge in [0, 0.05) is 28.8 Å². The molecule has 0 bridgehead atoms. The van der Waals surface area contributed by atoms with Crippen molar-refractivity contribution in [3.8, 4) is 11.5 Å². The van der Waals surface area contributed by atoms with Crippen molar-refractivity contribution in [2.24, 2.45) is 0 Å². The van der Waals surface area contributed by atoms with Crippen LogP contribution in [0.1, 0.15) is 46.3 Å². The molecule has 1 heterocycles. The first kappa shape index (κ1) is 20.2. The number of hydrogen-bond donors (Lipinski definition) is 1. The number of esters is 1. The smallest absolute Gasteiger partial charge is 0.349 e. The number of nitrogens with one attached hydrogen (secondary N) is 1. The average molecular weight is 404 g/mol. The molecule has 1 N–H and O–H groups in total. The van der Waals surface area contributed by atoms with Crippen LogP contribution in [-0.4, -0.2) is 32.2 Å². The van der Waals surface area contributed by atoms with Crippen molar-refractivity contribution in [3.63, 3.8) is 0 Å². The maximum absolute atomic E-state index is 12.5. The second-order valence-electron chi connectivity index (χ2n) is 6.76. The van der Waals surface area contributed by atoms with Crippen LogP contribution >= 0.6 is 11.3 Å². The van der Waals surface area contributed by atoms with Gasteiger partial charge in [-0.2, -0.15) is 0 Å². The number of methoxy groups -OCH3 is 2. The van der Waals surface area contributed by atoms with Crippen LogP contribution in [-0.2, 0) is 22.4 Å². The fraction of sp³-hybridized carbons (Fsp3) is 0.429. The van der Waals surface area contributed by atoms with E-state index in [4.69, 9.17) is 14.2 Å². The molecule has 6 nitrogen and oxygen atoms in total. The topological polar surface area (TPSA) is 73.9 Å². The molecule has 1 aromatic carbocycles. The lowest BCUT2D eigenvalue weighted by Crippen LogP contribution is -2.29. The van der Waals surface area contributed by atoms with Gasteiger partial charge >= 0.3 is 5.97 Å². The lowest BCUT2D eigenvalue weighted by molar-refractivity contribution is -0.123. The van der Waals surface area contributed by atoms with E-state index in [1.165, 1.54) is 42.4 Å². The van der Waals surface area contributed by atoms with Gasteiger partial charge in [-0.25, -0.2) is 4.79 Å². The minimum Gasteiger partial charge on any atom is -0.497 e. The van der Waals surface area contributed by atoms with Crippen LogP contribution < -0.4 is 14.8 Å². The fourth-order valence-electron chi connectivity index (χ4n) is 3.16. The molecule has 0 saturated heterocycles. The largest absolute Gasteiger partial charge is 0.497 e. The van der Waals surface area contributed by atoms with Gasteiger partial charge in [0.05, 0.1) is 14.2 Å². The zero-order chi connectivity index (χ0) is 20.1. The Morgan fingerprint density at radius 2 is 1.68 bits per heavy atom. The Balaban J connectivity index is 1.63. The molecule has 0 fully saturated rings. The molecular formula is C21H25NO5S. The van der Waals surface area contributed by atoms with E-state index in [-0.39, 0.29) is 0 Å². The molecule has 0 spiro atoms. The van der Waals surface area contributed by atoms with Gasteiger partial charge in [0.2, 0.25) is 0 Å². The number of aryl methyl sites for hydroxylation is 2. The SMILES string of the molecule is COc1cc(NC(=O)C(C)OC(=O)c2cc3c(s2)CCCCC3)cc(OC)c1. The number of ether oxygens (including phenoxy) is 3. The lowest BCUT2D eigenvalue weighted by Gasteiger charge is -2.14. The molecule has 1 atom stereocenters. The molecule has 0 aliphatic heterocycles. The Hall–Kier alpha value is -2.54. The highest BCUT2D eigenvalue weighted by Crippen LogP contribution is 2.30. The number of carbonyl (C=O) groups excluding carboxylic acids is 2. The third kappa shape index (κ3) is 4.84. The van der Waals surface area contributed by atoms with Crippen molar-refractivity contribution in [2.75, 3.05) is 19.5 Å². The molecule has 150 valence electrons. The summed E-state index contributed by atoms with van der Waals surface area (Å²) in [5, 5.41) is 2.73. The van der Waals surface area contributed by atoms with Crippen LogP contribution in [0.25, 0.3) is 0 Å². The molecular weight excluding hydrogens is 378 g/mol. The summed E-state index contributed by atoms with van der Waals surface area (Å²) in [6.07, 6.45) is 4.64. The summed E-state index contributed by atoms with van der Waals surface area (Å²) in [6, 6.07) is 6.97. The van der Waals surface area contributed by atoms with Crippen LogP contribution in [0.2, 0.25) is 0 Å². The number of fused-ring (bicyclic) bond motifs is 1. The molecule has 1 unspecified atom stereocenters. The molecule has 1 aliphatic rings. The molecule has 1 aliphatic carbocycles. The zero-order valence-corrected chi connectivity index (χ0v) is 17.2. The summed E-state index contributed by atoms with van der Waals surface area (Å²) < 4.78 is 15.8. The van der Waals surface area contributed by atoms with Crippen molar-refractivity contribution >= 4 is 28.9 Å². The molecule has 28 heavy (non-hydrogen) atoms. The summed E-state index contributed by atoms with van der Waals surface area (Å²) in [5.41, 5.74) is 1.75. The Bertz CT molecular complexity index is 815. The monoisotopic (exact) mass is 403 g/mol. The highest BCUT2D eigenvalue weighted by atomic mass is 32.1. The number of thiophene rings is 1. The number of rotatable bonds is 6. The number of anilines is 1. The Kier molecular flexibility index (Phi) is 6.57.